The number of aryl methyl sites for hydroxylation is 2. The van der Waals surface area contributed by atoms with Gasteiger partial charge in [-0.25, -0.2) is 4.79 Å². The normalized spacial score (nSPS) is 11.3. The molecule has 4 nitrogen and oxygen atoms in total. The van der Waals surface area contributed by atoms with Crippen molar-refractivity contribution >= 4 is 5.97 Å². The zero-order valence-electron chi connectivity index (χ0n) is 10.8. The van der Waals surface area contributed by atoms with Gasteiger partial charge in [-0.1, -0.05) is 35.9 Å². The Labute approximate surface area is 107 Å². The van der Waals surface area contributed by atoms with E-state index in [9.17, 15) is 4.79 Å². The van der Waals surface area contributed by atoms with Crippen LogP contribution in [0.2, 0.25) is 0 Å². The van der Waals surface area contributed by atoms with Crippen LogP contribution in [0.15, 0.2) is 36.0 Å². The number of hydroxylamine groups is 1. The van der Waals surface area contributed by atoms with Crippen LogP contribution in [0.5, 0.6) is 0 Å². The number of allylic oxidation sites excluding steroid dienone is 1. The van der Waals surface area contributed by atoms with Crippen LogP contribution in [-0.4, -0.2) is 17.7 Å². The number of nitrogens with one attached hydrogen (secondary N) is 1. The smallest absolute Gasteiger partial charge is 0.353 e. The van der Waals surface area contributed by atoms with Crippen LogP contribution in [0.25, 0.3) is 0 Å². The van der Waals surface area contributed by atoms with Crippen LogP contribution in [0.1, 0.15) is 24.5 Å². The first-order chi connectivity index (χ1) is 8.63. The molecule has 0 saturated heterocycles. The van der Waals surface area contributed by atoms with Crippen LogP contribution in [0.3, 0.4) is 0 Å². The molecule has 1 rings (SSSR count). The Bertz CT molecular complexity index is 427. The Morgan fingerprint density at radius 2 is 2.28 bits per heavy atom. The first kappa shape index (κ1) is 14.3. The zero-order chi connectivity index (χ0) is 13.4. The van der Waals surface area contributed by atoms with Crippen molar-refractivity contribution in [3.63, 3.8) is 0 Å². The summed E-state index contributed by atoms with van der Waals surface area (Å²) in [6.07, 6.45) is 3.22. The molecule has 0 fully saturated rings. The van der Waals surface area contributed by atoms with Gasteiger partial charge in [-0.2, -0.15) is 0 Å². The Morgan fingerprint density at radius 1 is 1.50 bits per heavy atom. The minimum absolute atomic E-state index is 0.0607. The fraction of sp³-hybridized carbons (Fsp3) is 0.357. The van der Waals surface area contributed by atoms with Gasteiger partial charge >= 0.3 is 5.97 Å². The summed E-state index contributed by atoms with van der Waals surface area (Å²) < 4.78 is 0. The van der Waals surface area contributed by atoms with E-state index in [0.717, 1.165) is 12.8 Å². The van der Waals surface area contributed by atoms with E-state index in [1.807, 2.05) is 6.07 Å². The number of carboxylic acids is 1. The largest absolute Gasteiger partial charge is 0.477 e. The number of aliphatic carboxylic acids is 1. The Morgan fingerprint density at radius 3 is 2.89 bits per heavy atom. The number of benzene rings is 1. The Hall–Kier alpha value is -1.81. The topological polar surface area (TPSA) is 58.6 Å². The first-order valence-corrected chi connectivity index (χ1v) is 5.96. The lowest BCUT2D eigenvalue weighted by Crippen LogP contribution is -2.21. The maximum absolute atomic E-state index is 10.6. The maximum Gasteiger partial charge on any atom is 0.353 e. The van der Waals surface area contributed by atoms with Gasteiger partial charge in [-0.15, -0.1) is 0 Å². The molecule has 1 aromatic rings. The molecule has 0 heterocycles. The van der Waals surface area contributed by atoms with E-state index in [1.54, 1.807) is 6.92 Å². The molecule has 18 heavy (non-hydrogen) atoms. The van der Waals surface area contributed by atoms with E-state index in [4.69, 9.17) is 9.94 Å². The van der Waals surface area contributed by atoms with Crippen molar-refractivity contribution in [2.45, 2.75) is 26.7 Å². The lowest BCUT2D eigenvalue weighted by molar-refractivity contribution is -0.134. The molecule has 2 N–H and O–H groups in total. The molecule has 0 aliphatic rings. The van der Waals surface area contributed by atoms with Crippen molar-refractivity contribution in [3.05, 3.63) is 47.2 Å². The summed E-state index contributed by atoms with van der Waals surface area (Å²) in [5.41, 5.74) is 5.00. The molecule has 0 saturated carbocycles. The van der Waals surface area contributed by atoms with E-state index in [-0.39, 0.29) is 5.70 Å². The molecular formula is C14H19NO3. The van der Waals surface area contributed by atoms with Gasteiger partial charge < -0.3 is 5.11 Å². The quantitative estimate of drug-likeness (QED) is 0.442. The molecule has 0 spiro atoms. The van der Waals surface area contributed by atoms with E-state index in [1.165, 1.54) is 17.2 Å². The van der Waals surface area contributed by atoms with E-state index >= 15 is 0 Å². The summed E-state index contributed by atoms with van der Waals surface area (Å²) in [4.78, 5) is 15.7. The minimum Gasteiger partial charge on any atom is -0.477 e. The second-order valence-electron chi connectivity index (χ2n) is 4.05. The highest BCUT2D eigenvalue weighted by Gasteiger charge is 2.04. The van der Waals surface area contributed by atoms with Gasteiger partial charge in [-0.05, 0) is 32.3 Å². The minimum atomic E-state index is -1.02. The molecule has 0 aromatic heterocycles. The zero-order valence-corrected chi connectivity index (χ0v) is 10.8. The average Bonchev–Trinajstić information content (AvgIpc) is 2.33. The monoisotopic (exact) mass is 249 g/mol. The number of hydrogen-bond acceptors (Lipinski definition) is 3. The highest BCUT2D eigenvalue weighted by Crippen LogP contribution is 2.06. The van der Waals surface area contributed by atoms with Crippen LogP contribution in [0.4, 0.5) is 0 Å². The van der Waals surface area contributed by atoms with Crippen molar-refractivity contribution in [2.24, 2.45) is 0 Å². The van der Waals surface area contributed by atoms with E-state index < -0.39 is 5.97 Å². The molecular weight excluding hydrogens is 230 g/mol. The predicted octanol–water partition coefficient (Wildman–Crippen LogP) is 2.44. The van der Waals surface area contributed by atoms with Gasteiger partial charge in [0.05, 0.1) is 6.61 Å². The van der Waals surface area contributed by atoms with E-state index in [2.05, 4.69) is 30.6 Å². The second kappa shape index (κ2) is 7.50. The van der Waals surface area contributed by atoms with Crippen molar-refractivity contribution in [1.82, 2.24) is 5.48 Å². The van der Waals surface area contributed by atoms with Gasteiger partial charge in [0, 0.05) is 0 Å². The molecule has 98 valence electrons. The summed E-state index contributed by atoms with van der Waals surface area (Å²) in [5, 5.41) is 8.73. The average molecular weight is 249 g/mol. The van der Waals surface area contributed by atoms with Crippen LogP contribution < -0.4 is 5.48 Å². The molecule has 0 unspecified atom stereocenters. The number of rotatable bonds is 7. The van der Waals surface area contributed by atoms with Gasteiger partial charge in [0.1, 0.15) is 5.70 Å². The number of carboxylic acid groups (broad SMARTS) is 1. The molecule has 0 aliphatic carbocycles. The third-order valence-corrected chi connectivity index (χ3v) is 2.50. The van der Waals surface area contributed by atoms with Gasteiger partial charge in [0.15, 0.2) is 0 Å². The third kappa shape index (κ3) is 5.01. The Kier molecular flexibility index (Phi) is 5.94. The van der Waals surface area contributed by atoms with Crippen LogP contribution >= 0.6 is 0 Å². The second-order valence-corrected chi connectivity index (χ2v) is 4.05. The molecule has 0 radical (unpaired) electrons. The van der Waals surface area contributed by atoms with Gasteiger partial charge in [0.2, 0.25) is 0 Å². The highest BCUT2D eigenvalue weighted by atomic mass is 16.6. The molecule has 0 aliphatic heterocycles. The summed E-state index contributed by atoms with van der Waals surface area (Å²) >= 11 is 0. The van der Waals surface area contributed by atoms with Crippen molar-refractivity contribution in [3.8, 4) is 0 Å². The van der Waals surface area contributed by atoms with Crippen molar-refractivity contribution < 1.29 is 14.7 Å². The fourth-order valence-electron chi connectivity index (χ4n) is 1.57. The molecule has 0 amide bonds. The van der Waals surface area contributed by atoms with Crippen LogP contribution in [0, 0.1) is 6.92 Å². The van der Waals surface area contributed by atoms with Gasteiger partial charge in [0.25, 0.3) is 0 Å². The van der Waals surface area contributed by atoms with Crippen molar-refractivity contribution in [1.29, 1.82) is 0 Å². The molecule has 0 atom stereocenters. The summed E-state index contributed by atoms with van der Waals surface area (Å²) in [6.45, 7) is 4.18. The van der Waals surface area contributed by atoms with Crippen LogP contribution in [-0.2, 0) is 16.1 Å². The Balaban J connectivity index is 2.21. The summed E-state index contributed by atoms with van der Waals surface area (Å²) in [7, 11) is 0. The summed E-state index contributed by atoms with van der Waals surface area (Å²) in [5.74, 6) is -1.02. The number of hydrogen-bond donors (Lipinski definition) is 2. The van der Waals surface area contributed by atoms with Crippen molar-refractivity contribution in [2.75, 3.05) is 6.61 Å². The SMILES string of the molecule is CC=C(NOCCCc1cccc(C)c1)C(=O)O. The maximum atomic E-state index is 10.6. The fourth-order valence-corrected chi connectivity index (χ4v) is 1.57. The standard InChI is InChI=1S/C14H19NO3/c1-3-13(14(16)17)15-18-9-5-8-12-7-4-6-11(2)10-12/h3-4,6-7,10,15H,5,8-9H2,1-2H3,(H,16,17). The highest BCUT2D eigenvalue weighted by molar-refractivity contribution is 5.85. The lowest BCUT2D eigenvalue weighted by atomic mass is 10.1. The molecule has 4 heteroatoms. The predicted molar refractivity (Wildman–Crippen MR) is 70.0 cm³/mol. The third-order valence-electron chi connectivity index (χ3n) is 2.50. The molecule has 0 bridgehead atoms. The summed E-state index contributed by atoms with van der Waals surface area (Å²) in [6, 6.07) is 8.32. The lowest BCUT2D eigenvalue weighted by Gasteiger charge is -2.07. The first-order valence-electron chi connectivity index (χ1n) is 5.96. The van der Waals surface area contributed by atoms with Gasteiger partial charge in [-0.3, -0.25) is 10.3 Å². The van der Waals surface area contributed by atoms with E-state index in [0.29, 0.717) is 6.61 Å². The number of carbonyl (C=O) groups is 1. The molecule has 1 aromatic carbocycles.